The Morgan fingerprint density at radius 2 is 0.864 bits per heavy atom. The second kappa shape index (κ2) is 6.10. The van der Waals surface area contributed by atoms with Crippen LogP contribution in [0.5, 0.6) is 5.75 Å². The van der Waals surface area contributed by atoms with Crippen molar-refractivity contribution >= 4 is 28.4 Å². The number of phenolic OH excluding ortho intramolecular Hbond substituents is 1. The average molecular weight is 291 g/mol. The lowest BCUT2D eigenvalue weighted by molar-refractivity contribution is 0.475. The van der Waals surface area contributed by atoms with Crippen molar-refractivity contribution in [3.63, 3.8) is 0 Å². The standard InChI is InChI=1S/C18H17N3O/c19-13-1-3-14(4-2-13)20-15-5-7-16(8-6-15)21-17-9-11-18(22)12-10-17/h1-12,20-22H,19H2. The molecule has 0 bridgehead atoms. The molecular weight excluding hydrogens is 274 g/mol. The number of anilines is 5. The van der Waals surface area contributed by atoms with Crippen molar-refractivity contribution in [3.8, 4) is 5.75 Å². The maximum absolute atomic E-state index is 9.27. The lowest BCUT2D eigenvalue weighted by Gasteiger charge is -2.09. The van der Waals surface area contributed by atoms with Crippen molar-refractivity contribution in [1.29, 1.82) is 0 Å². The fraction of sp³-hybridized carbons (Fsp3) is 0. The number of aromatic hydroxyl groups is 1. The first-order valence-electron chi connectivity index (χ1n) is 6.98. The first-order valence-corrected chi connectivity index (χ1v) is 6.98. The van der Waals surface area contributed by atoms with E-state index in [-0.39, 0.29) is 5.75 Å². The van der Waals surface area contributed by atoms with Crippen LogP contribution in [0.1, 0.15) is 0 Å². The summed E-state index contributed by atoms with van der Waals surface area (Å²) in [6.45, 7) is 0. The first kappa shape index (κ1) is 13.8. The Hall–Kier alpha value is -3.14. The second-order valence-electron chi connectivity index (χ2n) is 5.00. The van der Waals surface area contributed by atoms with Crippen LogP contribution in [0.25, 0.3) is 0 Å². The van der Waals surface area contributed by atoms with Gasteiger partial charge in [0.15, 0.2) is 0 Å². The van der Waals surface area contributed by atoms with Crippen LogP contribution in [-0.2, 0) is 0 Å². The summed E-state index contributed by atoms with van der Waals surface area (Å²) in [5.41, 5.74) is 10.3. The molecule has 5 N–H and O–H groups in total. The normalized spacial score (nSPS) is 10.2. The molecule has 0 fully saturated rings. The van der Waals surface area contributed by atoms with Crippen molar-refractivity contribution in [2.45, 2.75) is 0 Å². The highest BCUT2D eigenvalue weighted by Crippen LogP contribution is 2.23. The van der Waals surface area contributed by atoms with E-state index in [1.165, 1.54) is 0 Å². The number of nitrogen functional groups attached to an aromatic ring is 1. The Bertz CT molecular complexity index is 668. The van der Waals surface area contributed by atoms with E-state index in [2.05, 4.69) is 10.6 Å². The van der Waals surface area contributed by atoms with Crippen molar-refractivity contribution in [2.24, 2.45) is 0 Å². The molecule has 0 atom stereocenters. The van der Waals surface area contributed by atoms with Crippen molar-refractivity contribution in [2.75, 3.05) is 16.4 Å². The van der Waals surface area contributed by atoms with Gasteiger partial charge in [-0.2, -0.15) is 0 Å². The summed E-state index contributed by atoms with van der Waals surface area (Å²) in [5, 5.41) is 15.9. The molecule has 4 nitrogen and oxygen atoms in total. The SMILES string of the molecule is Nc1ccc(Nc2ccc(Nc3ccc(O)cc3)cc2)cc1. The quantitative estimate of drug-likeness (QED) is 0.423. The highest BCUT2D eigenvalue weighted by atomic mass is 16.3. The van der Waals surface area contributed by atoms with Crippen LogP contribution < -0.4 is 16.4 Å². The van der Waals surface area contributed by atoms with Gasteiger partial charge in [0.2, 0.25) is 0 Å². The Morgan fingerprint density at radius 3 is 1.27 bits per heavy atom. The van der Waals surface area contributed by atoms with Gasteiger partial charge in [-0.25, -0.2) is 0 Å². The van der Waals surface area contributed by atoms with Crippen molar-refractivity contribution in [3.05, 3.63) is 72.8 Å². The van der Waals surface area contributed by atoms with E-state index in [1.807, 2.05) is 60.7 Å². The summed E-state index contributed by atoms with van der Waals surface area (Å²) in [7, 11) is 0. The molecule has 0 aliphatic carbocycles. The molecule has 0 aliphatic rings. The maximum atomic E-state index is 9.27. The van der Waals surface area contributed by atoms with Crippen LogP contribution >= 0.6 is 0 Å². The van der Waals surface area contributed by atoms with Crippen LogP contribution in [0, 0.1) is 0 Å². The fourth-order valence-corrected chi connectivity index (χ4v) is 2.08. The molecule has 3 rings (SSSR count). The zero-order chi connectivity index (χ0) is 15.4. The third-order valence-corrected chi connectivity index (χ3v) is 3.24. The van der Waals surface area contributed by atoms with Gasteiger partial charge in [-0.05, 0) is 72.8 Å². The largest absolute Gasteiger partial charge is 0.508 e. The van der Waals surface area contributed by atoms with Gasteiger partial charge in [0, 0.05) is 28.4 Å². The predicted molar refractivity (Wildman–Crippen MR) is 92.0 cm³/mol. The van der Waals surface area contributed by atoms with E-state index >= 15 is 0 Å². The lowest BCUT2D eigenvalue weighted by atomic mass is 10.2. The molecule has 110 valence electrons. The van der Waals surface area contributed by atoms with Gasteiger partial charge in [-0.15, -0.1) is 0 Å². The Morgan fingerprint density at radius 1 is 0.545 bits per heavy atom. The molecule has 0 unspecified atom stereocenters. The molecular formula is C18H17N3O. The van der Waals surface area contributed by atoms with E-state index in [1.54, 1.807) is 12.1 Å². The third-order valence-electron chi connectivity index (χ3n) is 3.24. The van der Waals surface area contributed by atoms with E-state index < -0.39 is 0 Å². The smallest absolute Gasteiger partial charge is 0.115 e. The summed E-state index contributed by atoms with van der Waals surface area (Å²) in [4.78, 5) is 0. The molecule has 0 radical (unpaired) electrons. The number of hydrogen-bond acceptors (Lipinski definition) is 4. The highest BCUT2D eigenvalue weighted by Gasteiger charge is 1.98. The van der Waals surface area contributed by atoms with Crippen molar-refractivity contribution < 1.29 is 5.11 Å². The van der Waals surface area contributed by atoms with E-state index in [0.29, 0.717) is 0 Å². The average Bonchev–Trinajstić information content (AvgIpc) is 2.54. The van der Waals surface area contributed by atoms with Crippen LogP contribution in [-0.4, -0.2) is 5.11 Å². The summed E-state index contributed by atoms with van der Waals surface area (Å²) in [6.07, 6.45) is 0. The number of nitrogens with one attached hydrogen (secondary N) is 2. The topological polar surface area (TPSA) is 70.3 Å². The Kier molecular flexibility index (Phi) is 3.83. The zero-order valence-corrected chi connectivity index (χ0v) is 12.0. The minimum absolute atomic E-state index is 0.258. The second-order valence-corrected chi connectivity index (χ2v) is 5.00. The van der Waals surface area contributed by atoms with Gasteiger partial charge in [-0.3, -0.25) is 0 Å². The first-order chi connectivity index (χ1) is 10.7. The minimum Gasteiger partial charge on any atom is -0.508 e. The Labute approximate surface area is 129 Å². The van der Waals surface area contributed by atoms with Gasteiger partial charge in [0.05, 0.1) is 0 Å². The zero-order valence-electron chi connectivity index (χ0n) is 12.0. The fourth-order valence-electron chi connectivity index (χ4n) is 2.08. The molecule has 0 saturated heterocycles. The van der Waals surface area contributed by atoms with Crippen LogP contribution in [0.15, 0.2) is 72.8 Å². The van der Waals surface area contributed by atoms with Gasteiger partial charge in [-0.1, -0.05) is 0 Å². The number of benzene rings is 3. The Balaban J connectivity index is 1.67. The maximum Gasteiger partial charge on any atom is 0.115 e. The summed E-state index contributed by atoms with van der Waals surface area (Å²) in [6, 6.07) is 22.6. The highest BCUT2D eigenvalue weighted by molar-refractivity contribution is 5.66. The number of phenols is 1. The summed E-state index contributed by atoms with van der Waals surface area (Å²) in [5.74, 6) is 0.258. The van der Waals surface area contributed by atoms with Gasteiger partial charge >= 0.3 is 0 Å². The van der Waals surface area contributed by atoms with Crippen LogP contribution in [0.3, 0.4) is 0 Å². The molecule has 0 amide bonds. The van der Waals surface area contributed by atoms with E-state index in [0.717, 1.165) is 28.4 Å². The molecule has 22 heavy (non-hydrogen) atoms. The molecule has 3 aromatic carbocycles. The van der Waals surface area contributed by atoms with Crippen LogP contribution in [0.4, 0.5) is 28.4 Å². The molecule has 0 aliphatic heterocycles. The lowest BCUT2D eigenvalue weighted by Crippen LogP contribution is -1.93. The summed E-state index contributed by atoms with van der Waals surface area (Å²) < 4.78 is 0. The molecule has 3 aromatic rings. The molecule has 0 heterocycles. The van der Waals surface area contributed by atoms with E-state index in [4.69, 9.17) is 5.73 Å². The van der Waals surface area contributed by atoms with Gasteiger partial charge < -0.3 is 21.5 Å². The van der Waals surface area contributed by atoms with Gasteiger partial charge in [0.25, 0.3) is 0 Å². The monoisotopic (exact) mass is 291 g/mol. The summed E-state index contributed by atoms with van der Waals surface area (Å²) >= 11 is 0. The number of nitrogens with two attached hydrogens (primary N) is 1. The molecule has 4 heteroatoms. The number of hydrogen-bond donors (Lipinski definition) is 4. The molecule has 0 spiro atoms. The number of rotatable bonds is 4. The minimum atomic E-state index is 0.258. The van der Waals surface area contributed by atoms with Gasteiger partial charge in [0.1, 0.15) is 5.75 Å². The molecule has 0 saturated carbocycles. The predicted octanol–water partition coefficient (Wildman–Crippen LogP) is 4.46. The van der Waals surface area contributed by atoms with Crippen LogP contribution in [0.2, 0.25) is 0 Å². The van der Waals surface area contributed by atoms with Crippen molar-refractivity contribution in [1.82, 2.24) is 0 Å². The van der Waals surface area contributed by atoms with E-state index in [9.17, 15) is 5.11 Å². The molecule has 0 aromatic heterocycles. The third kappa shape index (κ3) is 3.49.